The maximum absolute atomic E-state index is 13.5. The molecule has 2 N–H and O–H groups in total. The number of rotatable bonds is 3. The Morgan fingerprint density at radius 3 is 2.81 bits per heavy atom. The third-order valence-electron chi connectivity index (χ3n) is 3.46. The minimum atomic E-state index is -0.885. The molecule has 0 aromatic heterocycles. The lowest BCUT2D eigenvalue weighted by molar-refractivity contribution is -0.137. The predicted molar refractivity (Wildman–Crippen MR) is 76.3 cm³/mol. The topological polar surface area (TPSA) is 67.4 Å². The molecule has 0 saturated carbocycles. The molecule has 0 aliphatic carbocycles. The lowest BCUT2D eigenvalue weighted by Gasteiger charge is -2.19. The summed E-state index contributed by atoms with van der Waals surface area (Å²) in [6, 6.07) is 4.06. The Balaban J connectivity index is 1.93. The lowest BCUT2D eigenvalue weighted by atomic mass is 10.1. The number of amides is 2. The van der Waals surface area contributed by atoms with Gasteiger partial charge in [-0.25, -0.2) is 4.39 Å². The van der Waals surface area contributed by atoms with Crippen molar-refractivity contribution >= 4 is 17.5 Å². The molecule has 0 bridgehead atoms. The Kier molecular flexibility index (Phi) is 4.90. The fraction of sp³-hybridized carbons (Fsp3) is 0.467. The molecule has 2 rings (SSSR count). The molecule has 1 saturated heterocycles. The third kappa shape index (κ3) is 4.01. The van der Waals surface area contributed by atoms with Crippen LogP contribution in [0.25, 0.3) is 0 Å². The highest BCUT2D eigenvalue weighted by Gasteiger charge is 2.26. The summed E-state index contributed by atoms with van der Waals surface area (Å²) in [5.41, 5.74) is 0.791. The van der Waals surface area contributed by atoms with Crippen molar-refractivity contribution in [2.45, 2.75) is 38.8 Å². The first-order valence-corrected chi connectivity index (χ1v) is 6.97. The zero-order valence-electron chi connectivity index (χ0n) is 12.1. The van der Waals surface area contributed by atoms with Crippen LogP contribution < -0.4 is 10.6 Å². The van der Waals surface area contributed by atoms with Crippen molar-refractivity contribution in [1.82, 2.24) is 5.32 Å². The second kappa shape index (κ2) is 6.67. The number of benzene rings is 1. The highest BCUT2D eigenvalue weighted by molar-refractivity contribution is 6.39. The predicted octanol–water partition coefficient (Wildman–Crippen LogP) is 1.76. The van der Waals surface area contributed by atoms with Crippen molar-refractivity contribution in [1.29, 1.82) is 0 Å². The highest BCUT2D eigenvalue weighted by atomic mass is 19.1. The summed E-state index contributed by atoms with van der Waals surface area (Å²) in [6.07, 6.45) is 1.73. The van der Waals surface area contributed by atoms with Gasteiger partial charge in [0.05, 0.1) is 17.8 Å². The summed E-state index contributed by atoms with van der Waals surface area (Å²) in [5.74, 6) is -2.25. The molecule has 1 aliphatic heterocycles. The molecule has 2 amide bonds. The van der Waals surface area contributed by atoms with Gasteiger partial charge < -0.3 is 15.4 Å². The van der Waals surface area contributed by atoms with Crippen LogP contribution in [0.5, 0.6) is 0 Å². The molecule has 1 fully saturated rings. The number of carbonyl (C=O) groups excluding carboxylic acids is 2. The van der Waals surface area contributed by atoms with Crippen molar-refractivity contribution < 1.29 is 18.7 Å². The summed E-state index contributed by atoms with van der Waals surface area (Å²) < 4.78 is 19.0. The van der Waals surface area contributed by atoms with Crippen molar-refractivity contribution in [3.05, 3.63) is 29.6 Å². The van der Waals surface area contributed by atoms with Crippen LogP contribution >= 0.6 is 0 Å². The molecule has 0 radical (unpaired) electrons. The van der Waals surface area contributed by atoms with Gasteiger partial charge in [-0.05, 0) is 44.4 Å². The maximum atomic E-state index is 13.5. The molecular formula is C15H19FN2O3. The van der Waals surface area contributed by atoms with E-state index in [-0.39, 0.29) is 17.8 Å². The van der Waals surface area contributed by atoms with Crippen LogP contribution in [0.3, 0.4) is 0 Å². The Hall–Kier alpha value is -1.95. The second-order valence-electron chi connectivity index (χ2n) is 5.25. The fourth-order valence-corrected chi connectivity index (χ4v) is 2.28. The van der Waals surface area contributed by atoms with Gasteiger partial charge in [0.2, 0.25) is 0 Å². The average molecular weight is 294 g/mol. The number of carbonyl (C=O) groups is 2. The summed E-state index contributed by atoms with van der Waals surface area (Å²) in [7, 11) is 0. The van der Waals surface area contributed by atoms with Crippen LogP contribution in [0, 0.1) is 12.7 Å². The van der Waals surface area contributed by atoms with Gasteiger partial charge in [-0.15, -0.1) is 0 Å². The van der Waals surface area contributed by atoms with E-state index >= 15 is 0 Å². The van der Waals surface area contributed by atoms with E-state index in [1.807, 2.05) is 0 Å². The molecule has 2 unspecified atom stereocenters. The molecule has 1 heterocycles. The van der Waals surface area contributed by atoms with Gasteiger partial charge in [0.25, 0.3) is 0 Å². The fourth-order valence-electron chi connectivity index (χ4n) is 2.28. The molecule has 1 aromatic rings. The molecule has 1 aromatic carbocycles. The minimum Gasteiger partial charge on any atom is -0.376 e. The van der Waals surface area contributed by atoms with E-state index in [4.69, 9.17) is 4.74 Å². The smallest absolute Gasteiger partial charge is 0.313 e. The average Bonchev–Trinajstić information content (AvgIpc) is 2.97. The third-order valence-corrected chi connectivity index (χ3v) is 3.46. The van der Waals surface area contributed by atoms with Crippen LogP contribution in [0.4, 0.5) is 10.1 Å². The molecule has 2 atom stereocenters. The Bertz CT molecular complexity index is 542. The second-order valence-corrected chi connectivity index (χ2v) is 5.25. The van der Waals surface area contributed by atoms with Gasteiger partial charge in [0, 0.05) is 6.61 Å². The highest BCUT2D eigenvalue weighted by Crippen LogP contribution is 2.16. The number of ether oxygens (including phenoxy) is 1. The first kappa shape index (κ1) is 15.4. The summed E-state index contributed by atoms with van der Waals surface area (Å²) >= 11 is 0. The van der Waals surface area contributed by atoms with Crippen LogP contribution in [0.15, 0.2) is 18.2 Å². The van der Waals surface area contributed by atoms with Crippen LogP contribution in [0.2, 0.25) is 0 Å². The number of hydrogen-bond acceptors (Lipinski definition) is 3. The number of nitrogens with one attached hydrogen (secondary N) is 2. The number of halogens is 1. The van der Waals surface area contributed by atoms with E-state index in [0.717, 1.165) is 18.4 Å². The zero-order chi connectivity index (χ0) is 15.4. The van der Waals surface area contributed by atoms with E-state index in [0.29, 0.717) is 6.61 Å². The number of anilines is 1. The van der Waals surface area contributed by atoms with E-state index < -0.39 is 17.6 Å². The zero-order valence-corrected chi connectivity index (χ0v) is 12.1. The first-order chi connectivity index (χ1) is 9.97. The van der Waals surface area contributed by atoms with Gasteiger partial charge in [-0.3, -0.25) is 9.59 Å². The van der Waals surface area contributed by atoms with Crippen molar-refractivity contribution in [2.24, 2.45) is 0 Å². The molecule has 114 valence electrons. The van der Waals surface area contributed by atoms with Crippen LogP contribution in [-0.4, -0.2) is 30.6 Å². The summed E-state index contributed by atoms with van der Waals surface area (Å²) in [6.45, 7) is 4.23. The Morgan fingerprint density at radius 1 is 1.38 bits per heavy atom. The summed E-state index contributed by atoms with van der Waals surface area (Å²) in [4.78, 5) is 23.6. The van der Waals surface area contributed by atoms with Crippen LogP contribution in [0.1, 0.15) is 25.3 Å². The molecular weight excluding hydrogens is 275 g/mol. The minimum absolute atomic E-state index is 0.0000746. The number of hydrogen-bond donors (Lipinski definition) is 2. The van der Waals surface area contributed by atoms with E-state index in [1.54, 1.807) is 19.9 Å². The SMILES string of the molecule is Cc1ccc(F)c(NC(=O)C(=O)NC(C)C2CCCO2)c1. The summed E-state index contributed by atoms with van der Waals surface area (Å²) in [5, 5.41) is 4.86. The molecule has 21 heavy (non-hydrogen) atoms. The van der Waals surface area contributed by atoms with Crippen molar-refractivity contribution in [3.63, 3.8) is 0 Å². The van der Waals surface area contributed by atoms with Gasteiger partial charge in [-0.2, -0.15) is 0 Å². The maximum Gasteiger partial charge on any atom is 0.313 e. The Morgan fingerprint density at radius 2 is 2.14 bits per heavy atom. The largest absolute Gasteiger partial charge is 0.376 e. The standard InChI is InChI=1S/C15H19FN2O3/c1-9-5-6-11(16)12(8-9)18-15(20)14(19)17-10(2)13-4-3-7-21-13/h5-6,8,10,13H,3-4,7H2,1-2H3,(H,17,19)(H,18,20). The quantitative estimate of drug-likeness (QED) is 0.835. The normalized spacial score (nSPS) is 19.1. The Labute approximate surface area is 122 Å². The van der Waals surface area contributed by atoms with Crippen LogP contribution in [-0.2, 0) is 14.3 Å². The molecule has 1 aliphatic rings. The van der Waals surface area contributed by atoms with E-state index in [1.165, 1.54) is 12.1 Å². The van der Waals surface area contributed by atoms with Gasteiger partial charge in [0.15, 0.2) is 0 Å². The lowest BCUT2D eigenvalue weighted by Crippen LogP contribution is -2.45. The number of aryl methyl sites for hydroxylation is 1. The van der Waals surface area contributed by atoms with E-state index in [9.17, 15) is 14.0 Å². The molecule has 5 nitrogen and oxygen atoms in total. The van der Waals surface area contributed by atoms with Crippen molar-refractivity contribution in [2.75, 3.05) is 11.9 Å². The first-order valence-electron chi connectivity index (χ1n) is 6.97. The van der Waals surface area contributed by atoms with Gasteiger partial charge >= 0.3 is 11.8 Å². The molecule has 0 spiro atoms. The van der Waals surface area contributed by atoms with Gasteiger partial charge in [0.1, 0.15) is 5.82 Å². The van der Waals surface area contributed by atoms with Crippen molar-refractivity contribution in [3.8, 4) is 0 Å². The molecule has 6 heteroatoms. The monoisotopic (exact) mass is 294 g/mol. The van der Waals surface area contributed by atoms with Gasteiger partial charge in [-0.1, -0.05) is 6.07 Å². The van der Waals surface area contributed by atoms with E-state index in [2.05, 4.69) is 10.6 Å².